The quantitative estimate of drug-likeness (QED) is 0.383. The van der Waals surface area contributed by atoms with Crippen LogP contribution in [0.1, 0.15) is 5.76 Å². The summed E-state index contributed by atoms with van der Waals surface area (Å²) >= 11 is 5.00. The summed E-state index contributed by atoms with van der Waals surface area (Å²) in [7, 11) is 0. The predicted octanol–water partition coefficient (Wildman–Crippen LogP) is 1.90. The van der Waals surface area contributed by atoms with Crippen LogP contribution in [0, 0.1) is 10.1 Å². The lowest BCUT2D eigenvalue weighted by molar-refractivity contribution is -0.402. The highest BCUT2D eigenvalue weighted by Gasteiger charge is 2.10. The third-order valence-electron chi connectivity index (χ3n) is 2.07. The number of furan rings is 1. The number of hydrogen-bond acceptors (Lipinski definition) is 6. The Kier molecular flexibility index (Phi) is 4.35. The number of pyridine rings is 1. The van der Waals surface area contributed by atoms with Gasteiger partial charge in [-0.3, -0.25) is 20.5 Å². The maximum absolute atomic E-state index is 10.4. The Morgan fingerprint density at radius 1 is 1.50 bits per heavy atom. The van der Waals surface area contributed by atoms with Crippen molar-refractivity contribution in [3.05, 3.63) is 52.5 Å². The average Bonchev–Trinajstić information content (AvgIpc) is 2.89. The molecule has 0 fully saturated rings. The summed E-state index contributed by atoms with van der Waals surface area (Å²) < 4.78 is 4.88. The number of rotatable bonds is 4. The highest BCUT2D eigenvalue weighted by molar-refractivity contribution is 7.80. The maximum atomic E-state index is 10.4. The van der Waals surface area contributed by atoms with E-state index < -0.39 is 4.92 Å². The summed E-state index contributed by atoms with van der Waals surface area (Å²) in [5, 5.41) is 17.3. The fourth-order valence-corrected chi connectivity index (χ4v) is 1.43. The van der Waals surface area contributed by atoms with Crippen LogP contribution in [0.2, 0.25) is 0 Å². The van der Waals surface area contributed by atoms with Gasteiger partial charge in [-0.1, -0.05) is 0 Å². The Hall–Kier alpha value is -2.81. The number of nitrogens with zero attached hydrogens (tertiary/aromatic N) is 3. The van der Waals surface area contributed by atoms with Crippen LogP contribution in [-0.2, 0) is 0 Å². The summed E-state index contributed by atoms with van der Waals surface area (Å²) in [6, 6.07) is 6.23. The first-order chi connectivity index (χ1) is 9.65. The fraction of sp³-hybridized carbons (Fsp3) is 0. The molecule has 0 aliphatic carbocycles. The Morgan fingerprint density at radius 2 is 2.35 bits per heavy atom. The zero-order valence-electron chi connectivity index (χ0n) is 10.0. The zero-order chi connectivity index (χ0) is 14.4. The molecule has 2 aromatic heterocycles. The van der Waals surface area contributed by atoms with E-state index in [4.69, 9.17) is 16.6 Å². The normalized spacial score (nSPS) is 10.4. The molecule has 0 unspecified atom stereocenters. The van der Waals surface area contributed by atoms with Gasteiger partial charge in [0, 0.05) is 6.20 Å². The number of nitro groups is 1. The molecule has 0 spiro atoms. The van der Waals surface area contributed by atoms with Crippen molar-refractivity contribution in [2.45, 2.75) is 0 Å². The van der Waals surface area contributed by atoms with Gasteiger partial charge in [-0.15, -0.1) is 0 Å². The SMILES string of the molecule is O=[N+]([O-])c1ccc(/C=N/NC(=S)Nc2cccnc2)o1. The van der Waals surface area contributed by atoms with Crippen molar-refractivity contribution in [2.75, 3.05) is 5.32 Å². The zero-order valence-corrected chi connectivity index (χ0v) is 10.8. The largest absolute Gasteiger partial charge is 0.433 e. The lowest BCUT2D eigenvalue weighted by atomic mass is 10.4. The molecule has 2 rings (SSSR count). The molecule has 2 aromatic rings. The molecule has 0 bridgehead atoms. The minimum Gasteiger partial charge on any atom is -0.400 e. The Balaban J connectivity index is 1.86. The second kappa shape index (κ2) is 6.38. The molecule has 20 heavy (non-hydrogen) atoms. The minimum atomic E-state index is -0.626. The molecular formula is C11H9N5O3S. The highest BCUT2D eigenvalue weighted by atomic mass is 32.1. The first-order valence-corrected chi connectivity index (χ1v) is 5.80. The van der Waals surface area contributed by atoms with Gasteiger partial charge < -0.3 is 9.73 Å². The summed E-state index contributed by atoms with van der Waals surface area (Å²) in [5.41, 5.74) is 3.27. The molecule has 0 radical (unpaired) electrons. The summed E-state index contributed by atoms with van der Waals surface area (Å²) in [6.45, 7) is 0. The second-order valence-corrected chi connectivity index (χ2v) is 3.91. The van der Waals surface area contributed by atoms with Gasteiger partial charge >= 0.3 is 5.88 Å². The van der Waals surface area contributed by atoms with E-state index in [1.165, 1.54) is 18.3 Å². The van der Waals surface area contributed by atoms with Crippen molar-refractivity contribution in [3.63, 3.8) is 0 Å². The van der Waals surface area contributed by atoms with Gasteiger partial charge in [0.2, 0.25) is 0 Å². The van der Waals surface area contributed by atoms with E-state index in [2.05, 4.69) is 20.8 Å². The van der Waals surface area contributed by atoms with Crippen molar-refractivity contribution in [3.8, 4) is 0 Å². The van der Waals surface area contributed by atoms with Gasteiger partial charge in [-0.2, -0.15) is 5.10 Å². The fourth-order valence-electron chi connectivity index (χ4n) is 1.26. The van der Waals surface area contributed by atoms with Gasteiger partial charge in [0.25, 0.3) is 0 Å². The lowest BCUT2D eigenvalue weighted by Gasteiger charge is -2.05. The first kappa shape index (κ1) is 13.6. The molecule has 0 aromatic carbocycles. The van der Waals surface area contributed by atoms with Crippen LogP contribution in [0.4, 0.5) is 11.6 Å². The first-order valence-electron chi connectivity index (χ1n) is 5.39. The van der Waals surface area contributed by atoms with Gasteiger partial charge in [0.15, 0.2) is 10.9 Å². The minimum absolute atomic E-state index is 0.244. The summed E-state index contributed by atoms with van der Waals surface area (Å²) in [5.74, 6) is -0.101. The Labute approximate surface area is 118 Å². The van der Waals surface area contributed by atoms with Crippen molar-refractivity contribution in [1.82, 2.24) is 10.4 Å². The van der Waals surface area contributed by atoms with Gasteiger partial charge in [-0.25, -0.2) is 0 Å². The third kappa shape index (κ3) is 3.85. The van der Waals surface area contributed by atoms with E-state index in [9.17, 15) is 10.1 Å². The number of hydrogen-bond donors (Lipinski definition) is 2. The second-order valence-electron chi connectivity index (χ2n) is 3.50. The molecule has 0 aliphatic rings. The van der Waals surface area contributed by atoms with Crippen molar-refractivity contribution in [1.29, 1.82) is 0 Å². The molecule has 0 atom stereocenters. The molecule has 102 valence electrons. The molecule has 0 amide bonds. The summed E-state index contributed by atoms with van der Waals surface area (Å²) in [4.78, 5) is 13.7. The Morgan fingerprint density at radius 3 is 3.00 bits per heavy atom. The molecule has 0 saturated carbocycles. The maximum Gasteiger partial charge on any atom is 0.433 e. The molecule has 8 nitrogen and oxygen atoms in total. The average molecular weight is 291 g/mol. The number of hydrazone groups is 1. The number of anilines is 1. The van der Waals surface area contributed by atoms with Crippen molar-refractivity contribution >= 4 is 35.1 Å². The molecule has 0 aliphatic heterocycles. The van der Waals surface area contributed by atoms with E-state index in [0.717, 1.165) is 0 Å². The lowest BCUT2D eigenvalue weighted by Crippen LogP contribution is -2.23. The number of thiocarbonyl (C=S) groups is 1. The van der Waals surface area contributed by atoms with Gasteiger partial charge in [0.1, 0.15) is 4.92 Å². The standard InChI is InChI=1S/C11H9N5O3S/c17-16(18)10-4-3-9(19-10)7-13-15-11(20)14-8-2-1-5-12-6-8/h1-7H,(H2,14,15,20)/b13-7+. The Bertz CT molecular complexity index is 641. The van der Waals surface area contributed by atoms with E-state index in [1.807, 2.05) is 0 Å². The molecule has 0 saturated heterocycles. The monoisotopic (exact) mass is 291 g/mol. The van der Waals surface area contributed by atoms with E-state index in [0.29, 0.717) is 5.69 Å². The van der Waals surface area contributed by atoms with E-state index >= 15 is 0 Å². The van der Waals surface area contributed by atoms with Crippen LogP contribution >= 0.6 is 12.2 Å². The smallest absolute Gasteiger partial charge is 0.400 e. The number of aromatic nitrogens is 1. The van der Waals surface area contributed by atoms with Crippen LogP contribution in [0.15, 0.2) is 46.2 Å². The van der Waals surface area contributed by atoms with Crippen LogP contribution in [-0.4, -0.2) is 21.2 Å². The van der Waals surface area contributed by atoms with Crippen molar-refractivity contribution in [2.24, 2.45) is 5.10 Å². The predicted molar refractivity (Wildman–Crippen MR) is 76.5 cm³/mol. The van der Waals surface area contributed by atoms with Crippen LogP contribution < -0.4 is 10.7 Å². The number of nitrogens with one attached hydrogen (secondary N) is 2. The topological polar surface area (TPSA) is 106 Å². The van der Waals surface area contributed by atoms with Gasteiger partial charge in [0.05, 0.1) is 24.2 Å². The van der Waals surface area contributed by atoms with E-state index in [-0.39, 0.29) is 16.8 Å². The van der Waals surface area contributed by atoms with Crippen LogP contribution in [0.25, 0.3) is 0 Å². The van der Waals surface area contributed by atoms with Crippen LogP contribution in [0.3, 0.4) is 0 Å². The third-order valence-corrected chi connectivity index (χ3v) is 2.26. The highest BCUT2D eigenvalue weighted by Crippen LogP contribution is 2.13. The van der Waals surface area contributed by atoms with Gasteiger partial charge in [-0.05, 0) is 30.4 Å². The molecule has 2 N–H and O–H groups in total. The molecule has 9 heteroatoms. The summed E-state index contributed by atoms with van der Waals surface area (Å²) in [6.07, 6.45) is 4.53. The molecule has 2 heterocycles. The van der Waals surface area contributed by atoms with Crippen LogP contribution in [0.5, 0.6) is 0 Å². The van der Waals surface area contributed by atoms with Crippen molar-refractivity contribution < 1.29 is 9.34 Å². The van der Waals surface area contributed by atoms with E-state index in [1.54, 1.807) is 24.5 Å². The molecular weight excluding hydrogens is 282 g/mol.